The number of nitrogens with zero attached hydrogens (tertiary/aromatic N) is 1. The van der Waals surface area contributed by atoms with E-state index in [1.165, 1.54) is 17.9 Å². The first-order valence-corrected chi connectivity index (χ1v) is 6.95. The third-order valence-electron chi connectivity index (χ3n) is 3.02. The predicted molar refractivity (Wildman–Crippen MR) is 82.4 cm³/mol. The summed E-state index contributed by atoms with van der Waals surface area (Å²) in [6.45, 7) is 5.67. The van der Waals surface area contributed by atoms with E-state index in [9.17, 15) is 9.59 Å². The lowest BCUT2D eigenvalue weighted by Gasteiger charge is -2.28. The minimum absolute atomic E-state index is 0.149. The van der Waals surface area contributed by atoms with Gasteiger partial charge in [-0.25, -0.2) is 4.79 Å². The number of halogens is 1. The normalized spacial score (nSPS) is 11.8. The van der Waals surface area contributed by atoms with Crippen LogP contribution in [0.4, 0.5) is 0 Å². The first-order valence-electron chi connectivity index (χ1n) is 6.57. The van der Waals surface area contributed by atoms with Gasteiger partial charge in [0.2, 0.25) is 0 Å². The number of benzene rings is 1. The highest BCUT2D eigenvalue weighted by Gasteiger charge is 2.27. The van der Waals surface area contributed by atoms with E-state index >= 15 is 0 Å². The van der Waals surface area contributed by atoms with E-state index < -0.39 is 12.0 Å². The molecule has 5 heteroatoms. The molecule has 0 fully saturated rings. The highest BCUT2D eigenvalue weighted by atomic mass is 35.5. The predicted octanol–water partition coefficient (Wildman–Crippen LogP) is 2.89. The number of aliphatic carboxylic acids is 1. The van der Waals surface area contributed by atoms with Gasteiger partial charge >= 0.3 is 5.97 Å². The summed E-state index contributed by atoms with van der Waals surface area (Å²) in [6.07, 6.45) is 5.28. The Balaban J connectivity index is 3.13. The zero-order valence-corrected chi connectivity index (χ0v) is 13.0. The average Bonchev–Trinajstić information content (AvgIpc) is 2.42. The summed E-state index contributed by atoms with van der Waals surface area (Å²) < 4.78 is 0. The zero-order chi connectivity index (χ0) is 16.2. The van der Waals surface area contributed by atoms with Crippen LogP contribution in [0, 0.1) is 18.3 Å². The molecule has 0 spiro atoms. The maximum Gasteiger partial charge on any atom is 0.326 e. The minimum Gasteiger partial charge on any atom is -0.480 e. The quantitative estimate of drug-likeness (QED) is 0.851. The first kappa shape index (κ1) is 17.1. The van der Waals surface area contributed by atoms with Gasteiger partial charge in [-0.3, -0.25) is 4.79 Å². The van der Waals surface area contributed by atoms with E-state index in [1.54, 1.807) is 12.1 Å². The van der Waals surface area contributed by atoms with Gasteiger partial charge in [-0.2, -0.15) is 0 Å². The maximum atomic E-state index is 12.5. The fourth-order valence-corrected chi connectivity index (χ4v) is 2.11. The van der Waals surface area contributed by atoms with Crippen LogP contribution < -0.4 is 0 Å². The van der Waals surface area contributed by atoms with Crippen molar-refractivity contribution in [3.8, 4) is 12.3 Å². The molecule has 1 rings (SSSR count). The molecule has 0 aromatic heterocycles. The molecule has 21 heavy (non-hydrogen) atoms. The Morgan fingerprint density at radius 2 is 2.00 bits per heavy atom. The number of hydrogen-bond donors (Lipinski definition) is 1. The number of carbonyl (C=O) groups is 2. The van der Waals surface area contributed by atoms with Gasteiger partial charge in [0.05, 0.1) is 5.02 Å². The Labute approximate surface area is 129 Å². The topological polar surface area (TPSA) is 57.6 Å². The molecule has 0 heterocycles. The minimum atomic E-state index is -1.05. The SMILES string of the molecule is C#Cc1ccc(C(=O)N(CC(C)C)C(C)C(=O)O)cc1Cl. The van der Waals surface area contributed by atoms with Gasteiger partial charge in [-0.1, -0.05) is 31.4 Å². The lowest BCUT2D eigenvalue weighted by Crippen LogP contribution is -2.45. The maximum absolute atomic E-state index is 12.5. The van der Waals surface area contributed by atoms with Crippen LogP contribution in [0.1, 0.15) is 36.7 Å². The van der Waals surface area contributed by atoms with Gasteiger partial charge in [0, 0.05) is 17.7 Å². The number of carbonyl (C=O) groups excluding carboxylic acids is 1. The first-order chi connectivity index (χ1) is 9.77. The second kappa shape index (κ2) is 7.14. The fourth-order valence-electron chi connectivity index (χ4n) is 1.87. The number of hydrogen-bond acceptors (Lipinski definition) is 2. The van der Waals surface area contributed by atoms with E-state index in [0.717, 1.165) is 0 Å². The van der Waals surface area contributed by atoms with E-state index in [-0.39, 0.29) is 11.8 Å². The summed E-state index contributed by atoms with van der Waals surface area (Å²) >= 11 is 6.00. The van der Waals surface area contributed by atoms with E-state index in [0.29, 0.717) is 22.7 Å². The Morgan fingerprint density at radius 3 is 2.43 bits per heavy atom. The molecule has 112 valence electrons. The van der Waals surface area contributed by atoms with Gasteiger partial charge in [0.15, 0.2) is 0 Å². The molecule has 1 amide bonds. The molecule has 0 aliphatic carbocycles. The summed E-state index contributed by atoms with van der Waals surface area (Å²) in [7, 11) is 0. The van der Waals surface area contributed by atoms with E-state index in [1.807, 2.05) is 13.8 Å². The van der Waals surface area contributed by atoms with Gasteiger partial charge in [0.1, 0.15) is 6.04 Å². The van der Waals surface area contributed by atoms with Crippen LogP contribution in [0.5, 0.6) is 0 Å². The van der Waals surface area contributed by atoms with Gasteiger partial charge < -0.3 is 10.0 Å². The van der Waals surface area contributed by atoms with Crippen LogP contribution >= 0.6 is 11.6 Å². The van der Waals surface area contributed by atoms with Crippen molar-refractivity contribution in [1.82, 2.24) is 4.90 Å². The van der Waals surface area contributed by atoms with Crippen LogP contribution in [0.25, 0.3) is 0 Å². The molecule has 1 N–H and O–H groups in total. The Kier molecular flexibility index (Phi) is 5.80. The van der Waals surface area contributed by atoms with Gasteiger partial charge in [0.25, 0.3) is 5.91 Å². The van der Waals surface area contributed by atoms with E-state index in [4.69, 9.17) is 23.1 Å². The van der Waals surface area contributed by atoms with Crippen molar-refractivity contribution in [2.75, 3.05) is 6.54 Å². The van der Waals surface area contributed by atoms with Crippen molar-refractivity contribution in [2.24, 2.45) is 5.92 Å². The summed E-state index contributed by atoms with van der Waals surface area (Å²) in [4.78, 5) is 25.0. The molecule has 0 saturated heterocycles. The van der Waals surface area contributed by atoms with Crippen molar-refractivity contribution in [3.63, 3.8) is 0 Å². The van der Waals surface area contributed by atoms with Crippen molar-refractivity contribution in [2.45, 2.75) is 26.8 Å². The summed E-state index contributed by atoms with van der Waals surface area (Å²) in [5, 5.41) is 9.45. The Morgan fingerprint density at radius 1 is 1.38 bits per heavy atom. The van der Waals surface area contributed by atoms with Crippen LogP contribution in [0.2, 0.25) is 5.02 Å². The summed E-state index contributed by atoms with van der Waals surface area (Å²) in [5.41, 5.74) is 0.822. The number of carboxylic acid groups (broad SMARTS) is 1. The molecular weight excluding hydrogens is 290 g/mol. The highest BCUT2D eigenvalue weighted by molar-refractivity contribution is 6.32. The molecule has 0 saturated carbocycles. The number of rotatable bonds is 5. The molecular formula is C16H18ClNO3. The van der Waals surface area contributed by atoms with Crippen molar-refractivity contribution < 1.29 is 14.7 Å². The van der Waals surface area contributed by atoms with Crippen molar-refractivity contribution in [1.29, 1.82) is 0 Å². The number of amides is 1. The molecule has 4 nitrogen and oxygen atoms in total. The van der Waals surface area contributed by atoms with Crippen LogP contribution in [-0.4, -0.2) is 34.5 Å². The molecule has 1 aromatic carbocycles. The van der Waals surface area contributed by atoms with Gasteiger partial charge in [-0.15, -0.1) is 6.42 Å². The molecule has 1 atom stereocenters. The smallest absolute Gasteiger partial charge is 0.326 e. The Hall–Kier alpha value is -1.99. The van der Waals surface area contributed by atoms with Crippen LogP contribution in [0.3, 0.4) is 0 Å². The summed E-state index contributed by atoms with van der Waals surface area (Å²) in [5.74, 6) is 1.14. The monoisotopic (exact) mass is 307 g/mol. The number of terminal acetylenes is 1. The molecule has 1 unspecified atom stereocenters. The molecule has 0 aliphatic heterocycles. The second-order valence-corrected chi connectivity index (χ2v) is 5.61. The van der Waals surface area contributed by atoms with E-state index in [2.05, 4.69) is 5.92 Å². The highest BCUT2D eigenvalue weighted by Crippen LogP contribution is 2.19. The van der Waals surface area contributed by atoms with Gasteiger partial charge in [-0.05, 0) is 31.0 Å². The standard InChI is InChI=1S/C16H18ClNO3/c1-5-12-6-7-13(8-14(12)17)15(19)18(9-10(2)3)11(4)16(20)21/h1,6-8,10-11H,9H2,2-4H3,(H,20,21). The largest absolute Gasteiger partial charge is 0.480 e. The fraction of sp³-hybridized carbons (Fsp3) is 0.375. The molecule has 0 radical (unpaired) electrons. The third kappa shape index (κ3) is 4.24. The van der Waals surface area contributed by atoms with Crippen molar-refractivity contribution >= 4 is 23.5 Å². The van der Waals surface area contributed by atoms with Crippen LogP contribution in [-0.2, 0) is 4.79 Å². The lowest BCUT2D eigenvalue weighted by molar-refractivity contribution is -0.141. The lowest BCUT2D eigenvalue weighted by atomic mass is 10.1. The second-order valence-electron chi connectivity index (χ2n) is 5.20. The third-order valence-corrected chi connectivity index (χ3v) is 3.33. The number of carboxylic acids is 1. The molecule has 0 aliphatic rings. The summed E-state index contributed by atoms with van der Waals surface area (Å²) in [6, 6.07) is 3.70. The molecule has 1 aromatic rings. The Bertz CT molecular complexity index is 590. The zero-order valence-electron chi connectivity index (χ0n) is 12.3. The average molecular weight is 308 g/mol. The molecule has 0 bridgehead atoms. The van der Waals surface area contributed by atoms with Crippen LogP contribution in [0.15, 0.2) is 18.2 Å². The van der Waals surface area contributed by atoms with Crippen molar-refractivity contribution in [3.05, 3.63) is 34.3 Å².